The smallest absolute Gasteiger partial charge is 0.123 e. The summed E-state index contributed by atoms with van der Waals surface area (Å²) in [4.78, 5) is 15.1. The molecule has 29 heavy (non-hydrogen) atoms. The summed E-state index contributed by atoms with van der Waals surface area (Å²) in [6.45, 7) is 6.88. The first-order valence-corrected chi connectivity index (χ1v) is 10.2. The molecule has 2 aromatic carbocycles. The van der Waals surface area contributed by atoms with Crippen molar-refractivity contribution in [3.63, 3.8) is 0 Å². The quantitative estimate of drug-likeness (QED) is 0.589. The first-order valence-electron chi connectivity index (χ1n) is 9.31. The molecule has 0 aliphatic heterocycles. The molecular formula is C23H24NO4S-. The maximum absolute atomic E-state index is 10.7. The summed E-state index contributed by atoms with van der Waals surface area (Å²) in [5.74, 6) is 0.532. The second-order valence-electron chi connectivity index (χ2n) is 7.79. The predicted molar refractivity (Wildman–Crippen MR) is 112 cm³/mol. The number of nitrogens with zero attached hydrogens (tertiary/aromatic N) is 1. The number of benzene rings is 2. The summed E-state index contributed by atoms with van der Waals surface area (Å²) in [5.41, 5.74) is 3.53. The van der Waals surface area contributed by atoms with Crippen molar-refractivity contribution in [2.75, 3.05) is 7.11 Å². The number of thiazole rings is 1. The second kappa shape index (κ2) is 8.66. The summed E-state index contributed by atoms with van der Waals surface area (Å²) < 4.78 is 11.5. The van der Waals surface area contributed by atoms with E-state index in [2.05, 4.69) is 25.8 Å². The Hall–Kier alpha value is -2.86. The molecule has 0 spiro atoms. The van der Waals surface area contributed by atoms with Gasteiger partial charge in [-0.2, -0.15) is 0 Å². The summed E-state index contributed by atoms with van der Waals surface area (Å²) >= 11 is 1.42. The largest absolute Gasteiger partial charge is 0.550 e. The van der Waals surface area contributed by atoms with Gasteiger partial charge in [-0.05, 0) is 29.2 Å². The maximum atomic E-state index is 10.7. The van der Waals surface area contributed by atoms with Crippen LogP contribution in [0.3, 0.4) is 0 Å². The van der Waals surface area contributed by atoms with E-state index in [1.165, 1.54) is 11.3 Å². The fourth-order valence-corrected chi connectivity index (χ4v) is 3.75. The topological polar surface area (TPSA) is 71.5 Å². The molecule has 152 valence electrons. The first-order chi connectivity index (χ1) is 13.8. The molecule has 0 saturated heterocycles. The standard InChI is InChI=1S/C23H25NO4S/c1-23(2,3)19-12-18(27-4)9-10-20(19)28-13-15-5-7-16(8-6-15)22-24-17(14-29-22)11-21(25)26/h5-10,12,14H,11,13H2,1-4H3,(H,25,26)/p-1. The summed E-state index contributed by atoms with van der Waals surface area (Å²) in [6.07, 6.45) is -0.166. The lowest BCUT2D eigenvalue weighted by molar-refractivity contribution is -0.304. The number of methoxy groups -OCH3 is 1. The van der Waals surface area contributed by atoms with Gasteiger partial charge in [0.1, 0.15) is 23.1 Å². The third kappa shape index (κ3) is 5.35. The molecule has 6 heteroatoms. The number of aliphatic carboxylic acids is 1. The number of rotatable bonds is 7. The third-order valence-electron chi connectivity index (χ3n) is 4.47. The third-order valence-corrected chi connectivity index (χ3v) is 5.41. The van der Waals surface area contributed by atoms with Gasteiger partial charge in [-0.15, -0.1) is 11.3 Å². The zero-order valence-corrected chi connectivity index (χ0v) is 17.8. The summed E-state index contributed by atoms with van der Waals surface area (Å²) in [6, 6.07) is 13.8. The number of carboxylic acid groups (broad SMARTS) is 1. The van der Waals surface area contributed by atoms with E-state index in [9.17, 15) is 9.90 Å². The fourth-order valence-electron chi connectivity index (χ4n) is 2.92. The van der Waals surface area contributed by atoms with Crippen LogP contribution in [0.2, 0.25) is 0 Å². The van der Waals surface area contributed by atoms with Crippen LogP contribution < -0.4 is 14.6 Å². The normalized spacial score (nSPS) is 11.3. The molecule has 3 rings (SSSR count). The molecule has 0 amide bonds. The monoisotopic (exact) mass is 410 g/mol. The van der Waals surface area contributed by atoms with Crippen molar-refractivity contribution in [2.45, 2.75) is 39.2 Å². The first kappa shape index (κ1) is 20.9. The highest BCUT2D eigenvalue weighted by molar-refractivity contribution is 7.13. The Labute approximate surface area is 175 Å². The van der Waals surface area contributed by atoms with Crippen LogP contribution in [0.5, 0.6) is 11.5 Å². The highest BCUT2D eigenvalue weighted by atomic mass is 32.1. The maximum Gasteiger partial charge on any atom is 0.123 e. The van der Waals surface area contributed by atoms with Gasteiger partial charge in [-0.3, -0.25) is 0 Å². The van der Waals surface area contributed by atoms with Crippen molar-refractivity contribution in [1.82, 2.24) is 4.98 Å². The number of carbonyl (C=O) groups excluding carboxylic acids is 1. The van der Waals surface area contributed by atoms with Gasteiger partial charge >= 0.3 is 0 Å². The highest BCUT2D eigenvalue weighted by Gasteiger charge is 2.20. The van der Waals surface area contributed by atoms with E-state index in [4.69, 9.17) is 9.47 Å². The number of hydrogen-bond acceptors (Lipinski definition) is 6. The summed E-state index contributed by atoms with van der Waals surface area (Å²) in [7, 11) is 1.66. The van der Waals surface area contributed by atoms with Crippen molar-refractivity contribution in [2.24, 2.45) is 0 Å². The van der Waals surface area contributed by atoms with E-state index in [1.807, 2.05) is 42.5 Å². The Morgan fingerprint density at radius 3 is 2.48 bits per heavy atom. The minimum absolute atomic E-state index is 0.0677. The minimum atomic E-state index is -1.12. The van der Waals surface area contributed by atoms with E-state index >= 15 is 0 Å². The number of hydrogen-bond donors (Lipinski definition) is 0. The van der Waals surface area contributed by atoms with Gasteiger partial charge in [0.05, 0.1) is 12.8 Å². The Kier molecular flexibility index (Phi) is 6.23. The molecule has 0 saturated carbocycles. The number of aromatic nitrogens is 1. The average Bonchev–Trinajstić information content (AvgIpc) is 3.13. The lowest BCUT2D eigenvalue weighted by Crippen LogP contribution is -2.24. The average molecular weight is 411 g/mol. The summed E-state index contributed by atoms with van der Waals surface area (Å²) in [5, 5.41) is 13.2. The van der Waals surface area contributed by atoms with Crippen LogP contribution >= 0.6 is 11.3 Å². The van der Waals surface area contributed by atoms with Crippen molar-refractivity contribution in [3.8, 4) is 22.1 Å². The molecule has 0 unspecified atom stereocenters. The Morgan fingerprint density at radius 1 is 1.14 bits per heavy atom. The van der Waals surface area contributed by atoms with Crippen LogP contribution in [-0.2, 0) is 23.2 Å². The Bertz CT molecular complexity index is 987. The molecule has 1 heterocycles. The lowest BCUT2D eigenvalue weighted by Gasteiger charge is -2.23. The molecule has 5 nitrogen and oxygen atoms in total. The van der Waals surface area contributed by atoms with E-state index in [-0.39, 0.29) is 11.8 Å². The van der Waals surface area contributed by atoms with E-state index in [0.29, 0.717) is 12.3 Å². The van der Waals surface area contributed by atoms with Crippen molar-refractivity contribution in [1.29, 1.82) is 0 Å². The zero-order valence-electron chi connectivity index (χ0n) is 17.0. The van der Waals surface area contributed by atoms with Crippen molar-refractivity contribution in [3.05, 3.63) is 64.7 Å². The van der Waals surface area contributed by atoms with Crippen LogP contribution in [0.4, 0.5) is 0 Å². The molecule has 0 aliphatic carbocycles. The molecule has 0 atom stereocenters. The SMILES string of the molecule is COc1ccc(OCc2ccc(-c3nc(CC(=O)[O-])cs3)cc2)c(C(C)(C)C)c1. The number of carboxylic acids is 1. The minimum Gasteiger partial charge on any atom is -0.550 e. The van der Waals surface area contributed by atoms with Gasteiger partial charge in [0.15, 0.2) is 0 Å². The zero-order chi connectivity index (χ0) is 21.0. The lowest BCUT2D eigenvalue weighted by atomic mass is 9.86. The molecule has 0 radical (unpaired) electrons. The van der Waals surface area contributed by atoms with Crippen LogP contribution in [-0.4, -0.2) is 18.1 Å². The molecule has 0 bridgehead atoms. The van der Waals surface area contributed by atoms with Crippen LogP contribution in [0.15, 0.2) is 47.8 Å². The van der Waals surface area contributed by atoms with Gasteiger partial charge in [0.2, 0.25) is 0 Å². The Balaban J connectivity index is 1.71. The predicted octanol–water partition coefficient (Wildman–Crippen LogP) is 3.99. The van der Waals surface area contributed by atoms with E-state index in [0.717, 1.165) is 33.2 Å². The molecule has 3 aromatic rings. The van der Waals surface area contributed by atoms with Gasteiger partial charge < -0.3 is 19.4 Å². The van der Waals surface area contributed by atoms with Gasteiger partial charge in [0.25, 0.3) is 0 Å². The van der Waals surface area contributed by atoms with Crippen LogP contribution in [0.1, 0.15) is 37.6 Å². The Morgan fingerprint density at radius 2 is 1.86 bits per heavy atom. The van der Waals surface area contributed by atoms with Gasteiger partial charge in [-0.25, -0.2) is 4.98 Å². The molecule has 0 aliphatic rings. The van der Waals surface area contributed by atoms with Crippen molar-refractivity contribution < 1.29 is 19.4 Å². The van der Waals surface area contributed by atoms with E-state index in [1.54, 1.807) is 12.5 Å². The molecular weight excluding hydrogens is 386 g/mol. The van der Waals surface area contributed by atoms with E-state index < -0.39 is 5.97 Å². The highest BCUT2D eigenvalue weighted by Crippen LogP contribution is 2.35. The molecule has 1 aromatic heterocycles. The fraction of sp³-hybridized carbons (Fsp3) is 0.304. The second-order valence-corrected chi connectivity index (χ2v) is 8.65. The van der Waals surface area contributed by atoms with Gasteiger partial charge in [-0.1, -0.05) is 45.0 Å². The van der Waals surface area contributed by atoms with Crippen LogP contribution in [0.25, 0.3) is 10.6 Å². The molecule has 0 fully saturated rings. The van der Waals surface area contributed by atoms with Crippen LogP contribution in [0, 0.1) is 0 Å². The molecule has 0 N–H and O–H groups in total. The van der Waals surface area contributed by atoms with Crippen molar-refractivity contribution >= 4 is 17.3 Å². The van der Waals surface area contributed by atoms with Gasteiger partial charge in [0, 0.05) is 28.9 Å². The number of carbonyl (C=O) groups is 1. The number of ether oxygens (including phenoxy) is 2.